The fourth-order valence-corrected chi connectivity index (χ4v) is 2.39. The first-order valence-electron chi connectivity index (χ1n) is 9.00. The second kappa shape index (κ2) is 26.8. The summed E-state index contributed by atoms with van der Waals surface area (Å²) in [4.78, 5) is 0. The zero-order chi connectivity index (χ0) is 16.7. The van der Waals surface area contributed by atoms with E-state index in [4.69, 9.17) is 24.6 Å². The molecule has 0 rings (SSSR count). The average Bonchev–Trinajstić information content (AvgIpc) is 2.52. The van der Waals surface area contributed by atoms with Crippen molar-refractivity contribution in [1.29, 1.82) is 0 Å². The normalized spacial score (nSPS) is 10.9. The summed E-state index contributed by atoms with van der Waals surface area (Å²) in [6.07, 6.45) is 23.9. The van der Waals surface area contributed by atoms with Crippen molar-refractivity contribution in [1.82, 2.24) is 0 Å². The van der Waals surface area contributed by atoms with E-state index in [2.05, 4.69) is 19.1 Å². The zero-order valence-electron chi connectivity index (χ0n) is 14.4. The molecule has 0 fully saturated rings. The molecule has 1 nitrogen and oxygen atoms in total. The summed E-state index contributed by atoms with van der Waals surface area (Å²) in [5, 5.41) is 0. The molecule has 0 aliphatic rings. The fraction of sp³-hybridized carbons (Fsp3) is 0.889. The predicted octanol–water partition coefficient (Wildman–Crippen LogP) is 7.36. The van der Waals surface area contributed by atoms with E-state index in [0.717, 1.165) is 6.54 Å². The molecule has 0 saturated carbocycles. The summed E-state index contributed by atoms with van der Waals surface area (Å²) in [6.45, 7) is 3.14. The summed E-state index contributed by atoms with van der Waals surface area (Å²) >= 11 is -0.472. The molecule has 0 aliphatic carbocycles. The first-order chi connectivity index (χ1) is 10.8. The van der Waals surface area contributed by atoms with Crippen LogP contribution in [-0.2, 0) is 16.5 Å². The number of hydrogen-bond acceptors (Lipinski definition) is 1. The zero-order valence-corrected chi connectivity index (χ0v) is 18.2. The molecule has 0 bridgehead atoms. The third kappa shape index (κ3) is 29.0. The molecule has 4 heteroatoms. The molecule has 0 aromatic rings. The van der Waals surface area contributed by atoms with E-state index in [-0.39, 0.29) is 0 Å². The minimum atomic E-state index is -0.472. The molecular formula is C18H37Cl2NPt. The Bertz CT molecular complexity index is 202. The molecule has 2 N–H and O–H groups in total. The Balaban J connectivity index is 0. The van der Waals surface area contributed by atoms with Gasteiger partial charge in [-0.15, -0.1) is 0 Å². The van der Waals surface area contributed by atoms with E-state index in [9.17, 15) is 0 Å². The van der Waals surface area contributed by atoms with Crippen LogP contribution in [0.3, 0.4) is 0 Å². The van der Waals surface area contributed by atoms with Crippen molar-refractivity contribution in [2.24, 2.45) is 5.73 Å². The third-order valence-electron chi connectivity index (χ3n) is 3.72. The van der Waals surface area contributed by atoms with Crippen molar-refractivity contribution in [3.63, 3.8) is 0 Å². The number of nitrogens with two attached hydrogens (primary N) is 1. The number of hydrogen-bond donors (Lipinski definition) is 1. The Hall–Kier alpha value is 0.968. The molecule has 138 valence electrons. The Labute approximate surface area is 156 Å². The monoisotopic (exact) mass is 532 g/mol. The van der Waals surface area contributed by atoms with E-state index in [1.807, 2.05) is 0 Å². The van der Waals surface area contributed by atoms with Gasteiger partial charge in [0.05, 0.1) is 0 Å². The van der Waals surface area contributed by atoms with Crippen LogP contribution in [0.4, 0.5) is 0 Å². The molecular weight excluding hydrogens is 496 g/mol. The van der Waals surface area contributed by atoms with Gasteiger partial charge in [-0.25, -0.2) is 0 Å². The molecule has 0 atom stereocenters. The van der Waals surface area contributed by atoms with Crippen molar-refractivity contribution in [3.05, 3.63) is 12.2 Å². The Kier molecular flexibility index (Phi) is 30.8. The summed E-state index contributed by atoms with van der Waals surface area (Å²) < 4.78 is 0. The van der Waals surface area contributed by atoms with Gasteiger partial charge in [0.2, 0.25) is 0 Å². The van der Waals surface area contributed by atoms with Gasteiger partial charge in [-0.3, -0.25) is 0 Å². The topological polar surface area (TPSA) is 26.0 Å². The van der Waals surface area contributed by atoms with Crippen LogP contribution in [0.15, 0.2) is 12.2 Å². The van der Waals surface area contributed by atoms with Gasteiger partial charge in [0.15, 0.2) is 0 Å². The number of halogens is 2. The molecule has 0 spiro atoms. The van der Waals surface area contributed by atoms with Crippen LogP contribution in [0.5, 0.6) is 0 Å². The molecule has 22 heavy (non-hydrogen) atoms. The van der Waals surface area contributed by atoms with E-state index in [1.165, 1.54) is 89.9 Å². The van der Waals surface area contributed by atoms with Gasteiger partial charge < -0.3 is 5.73 Å². The number of unbranched alkanes of at least 4 members (excludes halogenated alkanes) is 12. The molecule has 0 saturated heterocycles. The van der Waals surface area contributed by atoms with E-state index in [1.54, 1.807) is 0 Å². The third-order valence-corrected chi connectivity index (χ3v) is 3.72. The summed E-state index contributed by atoms with van der Waals surface area (Å²) in [7, 11) is 9.75. The van der Waals surface area contributed by atoms with Crippen molar-refractivity contribution in [2.45, 2.75) is 96.8 Å². The standard InChI is InChI=1S/C18H37N.2ClH.Pt/c1-2-3-4-5-6-7-8-9-10-11-12-13-14-15-16-17-18-19;;;/h9-10H,2-8,11-19H2,1H3;2*1H;/q;;;+2/p-2/b10-9-;;;. The van der Waals surface area contributed by atoms with Gasteiger partial charge in [0, 0.05) is 0 Å². The minimum absolute atomic E-state index is 0.472. The first-order valence-corrected chi connectivity index (χ1v) is 14.6. The maximum absolute atomic E-state index is 5.47. The van der Waals surface area contributed by atoms with E-state index >= 15 is 0 Å². The summed E-state index contributed by atoms with van der Waals surface area (Å²) in [5.41, 5.74) is 5.47. The van der Waals surface area contributed by atoms with Gasteiger partial charge in [-0.05, 0) is 38.6 Å². The van der Waals surface area contributed by atoms with Gasteiger partial charge in [0.25, 0.3) is 0 Å². The van der Waals surface area contributed by atoms with Crippen molar-refractivity contribution in [2.75, 3.05) is 6.54 Å². The maximum atomic E-state index is 5.47. The molecule has 0 aliphatic heterocycles. The second-order valence-electron chi connectivity index (χ2n) is 5.77. The predicted molar refractivity (Wildman–Crippen MR) is 100 cm³/mol. The Morgan fingerprint density at radius 3 is 1.45 bits per heavy atom. The van der Waals surface area contributed by atoms with E-state index < -0.39 is 16.5 Å². The van der Waals surface area contributed by atoms with Crippen molar-refractivity contribution < 1.29 is 16.5 Å². The number of allylic oxidation sites excluding steroid dienone is 2. The molecule has 0 unspecified atom stereocenters. The van der Waals surface area contributed by atoms with Gasteiger partial charge >= 0.3 is 35.3 Å². The van der Waals surface area contributed by atoms with Crippen LogP contribution in [0, 0.1) is 0 Å². The van der Waals surface area contributed by atoms with Gasteiger partial charge in [-0.1, -0.05) is 76.9 Å². The van der Waals surface area contributed by atoms with Crippen LogP contribution in [0.1, 0.15) is 96.8 Å². The summed E-state index contributed by atoms with van der Waals surface area (Å²) in [6, 6.07) is 0. The summed E-state index contributed by atoms with van der Waals surface area (Å²) in [5.74, 6) is 0. The van der Waals surface area contributed by atoms with Crippen molar-refractivity contribution in [3.8, 4) is 0 Å². The average molecular weight is 533 g/mol. The quantitative estimate of drug-likeness (QED) is 0.173. The van der Waals surface area contributed by atoms with Gasteiger partial charge in [0.1, 0.15) is 0 Å². The Morgan fingerprint density at radius 2 is 1.05 bits per heavy atom. The van der Waals surface area contributed by atoms with Gasteiger partial charge in [-0.2, -0.15) is 0 Å². The van der Waals surface area contributed by atoms with E-state index in [0.29, 0.717) is 0 Å². The first kappa shape index (κ1) is 25.2. The Morgan fingerprint density at radius 1 is 0.682 bits per heavy atom. The number of rotatable bonds is 15. The SMILES string of the molecule is CCCCCCCC/C=C\CCCCCCCCN.[Cl][Pt][Cl]. The molecule has 0 aromatic heterocycles. The van der Waals surface area contributed by atoms with Crippen LogP contribution in [0.25, 0.3) is 0 Å². The molecule has 0 heterocycles. The second-order valence-corrected chi connectivity index (χ2v) is 9.05. The molecule has 0 radical (unpaired) electrons. The van der Waals surface area contributed by atoms with Crippen molar-refractivity contribution >= 4 is 18.8 Å². The van der Waals surface area contributed by atoms with Crippen LogP contribution < -0.4 is 5.73 Å². The fourth-order valence-electron chi connectivity index (χ4n) is 2.39. The van der Waals surface area contributed by atoms with Crippen LogP contribution >= 0.6 is 18.8 Å². The molecule has 0 aromatic carbocycles. The molecule has 0 amide bonds. The van der Waals surface area contributed by atoms with Crippen LogP contribution in [0.2, 0.25) is 0 Å². The van der Waals surface area contributed by atoms with Crippen LogP contribution in [-0.4, -0.2) is 6.54 Å².